The fourth-order valence-electron chi connectivity index (χ4n) is 5.14. The number of ketones is 1. The van der Waals surface area contributed by atoms with E-state index >= 15 is 0 Å². The smallest absolute Gasteiger partial charge is 0.328 e. The topological polar surface area (TPSA) is 63.6 Å². The van der Waals surface area contributed by atoms with Crippen molar-refractivity contribution in [3.63, 3.8) is 0 Å². The number of ether oxygens (including phenoxy) is 1. The van der Waals surface area contributed by atoms with Crippen LogP contribution < -0.4 is 4.74 Å². The Labute approximate surface area is 183 Å². The van der Waals surface area contributed by atoms with E-state index in [1.807, 2.05) is 30.3 Å². The molecule has 0 aromatic heterocycles. The third kappa shape index (κ3) is 3.95. The first kappa shape index (κ1) is 21.1. The second-order valence-electron chi connectivity index (χ2n) is 8.55. The number of aliphatic carboxylic acids is 1. The summed E-state index contributed by atoms with van der Waals surface area (Å²) in [5, 5.41) is 8.85. The highest BCUT2D eigenvalue weighted by Gasteiger charge is 2.46. The number of allylic oxidation sites excluding steroid dienone is 2. The van der Waals surface area contributed by atoms with Crippen molar-refractivity contribution in [2.24, 2.45) is 5.41 Å². The first-order valence-corrected chi connectivity index (χ1v) is 10.9. The molecular formula is C27H28O4. The number of hydrogen-bond donors (Lipinski definition) is 1. The molecule has 0 bridgehead atoms. The fraction of sp³-hybridized carbons (Fsp3) is 0.333. The summed E-state index contributed by atoms with van der Waals surface area (Å²) in [5.41, 5.74) is 6.18. The fourth-order valence-corrected chi connectivity index (χ4v) is 5.14. The lowest BCUT2D eigenvalue weighted by atomic mass is 9.66. The van der Waals surface area contributed by atoms with Crippen molar-refractivity contribution in [1.29, 1.82) is 0 Å². The Morgan fingerprint density at radius 3 is 2.65 bits per heavy atom. The molecular weight excluding hydrogens is 388 g/mol. The Balaban J connectivity index is 1.86. The monoisotopic (exact) mass is 416 g/mol. The number of carboxylic acid groups (broad SMARTS) is 1. The molecule has 2 aliphatic carbocycles. The predicted octanol–water partition coefficient (Wildman–Crippen LogP) is 5.80. The number of Topliss-reactive ketones (excluding diaryl/α,β-unsaturated/α-hetero) is 1. The van der Waals surface area contributed by atoms with E-state index in [-0.39, 0.29) is 11.2 Å². The molecule has 2 aromatic carbocycles. The average Bonchev–Trinajstić information content (AvgIpc) is 3.10. The Kier molecular flexibility index (Phi) is 5.81. The minimum atomic E-state index is -0.977. The normalized spacial score (nSPS) is 20.1. The van der Waals surface area contributed by atoms with Gasteiger partial charge in [-0.05, 0) is 65.3 Å². The van der Waals surface area contributed by atoms with Crippen LogP contribution in [0.5, 0.6) is 5.75 Å². The molecule has 1 N–H and O–H groups in total. The zero-order valence-electron chi connectivity index (χ0n) is 18.1. The van der Waals surface area contributed by atoms with Gasteiger partial charge < -0.3 is 9.84 Å². The number of carbonyl (C=O) groups excluding carboxylic acids is 1. The number of methoxy groups -OCH3 is 1. The summed E-state index contributed by atoms with van der Waals surface area (Å²) in [6, 6.07) is 13.9. The van der Waals surface area contributed by atoms with Gasteiger partial charge in [-0.1, -0.05) is 50.1 Å². The molecule has 0 fully saturated rings. The van der Waals surface area contributed by atoms with Crippen molar-refractivity contribution in [3.05, 3.63) is 70.8 Å². The SMILES string of the molecule is CCCCC12CCC(=O)C(c3ccc(/C=C/C(=O)O)cc3)=C1c1ccc(OC)cc1C2. The Morgan fingerprint density at radius 2 is 1.97 bits per heavy atom. The lowest BCUT2D eigenvalue weighted by Gasteiger charge is -2.36. The predicted molar refractivity (Wildman–Crippen MR) is 123 cm³/mol. The minimum absolute atomic E-state index is 0.00413. The van der Waals surface area contributed by atoms with Crippen molar-refractivity contribution in [3.8, 4) is 5.75 Å². The molecule has 31 heavy (non-hydrogen) atoms. The van der Waals surface area contributed by atoms with Crippen LogP contribution in [-0.2, 0) is 16.0 Å². The van der Waals surface area contributed by atoms with E-state index in [0.29, 0.717) is 6.42 Å². The van der Waals surface area contributed by atoms with E-state index in [4.69, 9.17) is 9.84 Å². The summed E-state index contributed by atoms with van der Waals surface area (Å²) < 4.78 is 5.46. The highest BCUT2D eigenvalue weighted by Crippen LogP contribution is 2.58. The van der Waals surface area contributed by atoms with Crippen LogP contribution in [0.4, 0.5) is 0 Å². The lowest BCUT2D eigenvalue weighted by molar-refractivity contribution is -0.131. The maximum Gasteiger partial charge on any atom is 0.328 e. The van der Waals surface area contributed by atoms with Crippen molar-refractivity contribution in [1.82, 2.24) is 0 Å². The second kappa shape index (κ2) is 8.54. The standard InChI is InChI=1S/C27H28O4/c1-3-4-14-27-15-13-23(28)25(19-8-5-18(6-9-19)7-12-24(29)30)26(27)22-11-10-21(31-2)16-20(22)17-27/h5-12,16H,3-4,13-15,17H2,1-2H3,(H,29,30)/b12-7+. The van der Waals surface area contributed by atoms with Gasteiger partial charge in [-0.25, -0.2) is 4.79 Å². The molecule has 2 aliphatic rings. The third-order valence-corrected chi connectivity index (χ3v) is 6.63. The number of hydrogen-bond acceptors (Lipinski definition) is 3. The van der Waals surface area contributed by atoms with Gasteiger partial charge in [0.05, 0.1) is 7.11 Å². The van der Waals surface area contributed by atoms with E-state index in [2.05, 4.69) is 19.1 Å². The largest absolute Gasteiger partial charge is 0.497 e. The van der Waals surface area contributed by atoms with Crippen molar-refractivity contribution >= 4 is 29.0 Å². The molecule has 2 aromatic rings. The summed E-state index contributed by atoms with van der Waals surface area (Å²) in [6.07, 6.45) is 8.43. The molecule has 0 saturated heterocycles. The van der Waals surface area contributed by atoms with Crippen LogP contribution in [-0.4, -0.2) is 24.0 Å². The van der Waals surface area contributed by atoms with Gasteiger partial charge in [-0.2, -0.15) is 0 Å². The van der Waals surface area contributed by atoms with Crippen LogP contribution in [0.3, 0.4) is 0 Å². The zero-order chi connectivity index (χ0) is 22.0. The molecule has 1 atom stereocenters. The summed E-state index contributed by atoms with van der Waals surface area (Å²) in [4.78, 5) is 24.0. The first-order chi connectivity index (χ1) is 15.0. The number of unbranched alkanes of at least 4 members (excludes halogenated alkanes) is 1. The average molecular weight is 417 g/mol. The van der Waals surface area contributed by atoms with Crippen molar-refractivity contribution < 1.29 is 19.4 Å². The highest BCUT2D eigenvalue weighted by molar-refractivity contribution is 6.30. The third-order valence-electron chi connectivity index (χ3n) is 6.63. The summed E-state index contributed by atoms with van der Waals surface area (Å²) in [5.74, 6) is 0.0702. The Hall–Kier alpha value is -3.14. The highest BCUT2D eigenvalue weighted by atomic mass is 16.5. The van der Waals surface area contributed by atoms with Crippen LogP contribution in [0.2, 0.25) is 0 Å². The Morgan fingerprint density at radius 1 is 1.19 bits per heavy atom. The van der Waals surface area contributed by atoms with Gasteiger partial charge in [-0.15, -0.1) is 0 Å². The number of fused-ring (bicyclic) bond motifs is 3. The van der Waals surface area contributed by atoms with Crippen LogP contribution in [0.1, 0.15) is 61.3 Å². The molecule has 0 spiro atoms. The van der Waals surface area contributed by atoms with Crippen LogP contribution >= 0.6 is 0 Å². The zero-order valence-corrected chi connectivity index (χ0v) is 18.1. The minimum Gasteiger partial charge on any atom is -0.497 e. The van der Waals surface area contributed by atoms with E-state index in [1.54, 1.807) is 13.2 Å². The summed E-state index contributed by atoms with van der Waals surface area (Å²) in [7, 11) is 1.69. The van der Waals surface area contributed by atoms with E-state index in [1.165, 1.54) is 16.7 Å². The van der Waals surface area contributed by atoms with Gasteiger partial charge in [0.1, 0.15) is 5.75 Å². The molecule has 4 nitrogen and oxygen atoms in total. The summed E-state index contributed by atoms with van der Waals surface area (Å²) in [6.45, 7) is 2.21. The van der Waals surface area contributed by atoms with Crippen LogP contribution in [0, 0.1) is 5.41 Å². The van der Waals surface area contributed by atoms with Gasteiger partial charge in [0.15, 0.2) is 5.78 Å². The second-order valence-corrected chi connectivity index (χ2v) is 8.55. The van der Waals surface area contributed by atoms with Gasteiger partial charge in [0.25, 0.3) is 0 Å². The lowest BCUT2D eigenvalue weighted by Crippen LogP contribution is -2.28. The molecule has 1 unspecified atom stereocenters. The maximum atomic E-state index is 13.2. The molecule has 0 amide bonds. The molecule has 0 heterocycles. The van der Waals surface area contributed by atoms with E-state index in [0.717, 1.165) is 60.6 Å². The first-order valence-electron chi connectivity index (χ1n) is 10.9. The molecule has 0 saturated carbocycles. The molecule has 4 rings (SSSR count). The molecule has 4 heteroatoms. The van der Waals surface area contributed by atoms with Crippen molar-refractivity contribution in [2.45, 2.75) is 45.4 Å². The number of carbonyl (C=O) groups is 2. The van der Waals surface area contributed by atoms with Gasteiger partial charge >= 0.3 is 5.97 Å². The Bertz CT molecular complexity index is 1070. The maximum absolute atomic E-state index is 13.2. The molecule has 0 aliphatic heterocycles. The van der Waals surface area contributed by atoms with E-state index in [9.17, 15) is 9.59 Å². The van der Waals surface area contributed by atoms with Gasteiger partial charge in [0, 0.05) is 23.5 Å². The van der Waals surface area contributed by atoms with Gasteiger partial charge in [-0.3, -0.25) is 4.79 Å². The number of carboxylic acids is 1. The number of benzene rings is 2. The van der Waals surface area contributed by atoms with Crippen LogP contribution in [0.25, 0.3) is 17.2 Å². The molecule has 160 valence electrons. The summed E-state index contributed by atoms with van der Waals surface area (Å²) >= 11 is 0. The van der Waals surface area contributed by atoms with Gasteiger partial charge in [0.2, 0.25) is 0 Å². The quantitative estimate of drug-likeness (QED) is 0.580. The number of rotatable bonds is 7. The van der Waals surface area contributed by atoms with Crippen molar-refractivity contribution in [2.75, 3.05) is 7.11 Å². The van der Waals surface area contributed by atoms with E-state index < -0.39 is 5.97 Å². The van der Waals surface area contributed by atoms with Crippen LogP contribution in [0.15, 0.2) is 48.5 Å². The molecule has 0 radical (unpaired) electrons.